The summed E-state index contributed by atoms with van der Waals surface area (Å²) in [5.74, 6) is 0. The molecule has 0 saturated heterocycles. The minimum atomic E-state index is 1.13. The molecule has 1 aliphatic rings. The summed E-state index contributed by atoms with van der Waals surface area (Å²) in [6, 6.07) is 0. The van der Waals surface area contributed by atoms with Crippen LogP contribution in [0.2, 0.25) is 0 Å². The number of rotatable bonds is 0. The normalized spacial score (nSPS) is 21.1. The third-order valence-corrected chi connectivity index (χ3v) is 1.94. The van der Waals surface area contributed by atoms with Crippen molar-refractivity contribution in [1.29, 1.82) is 0 Å². The van der Waals surface area contributed by atoms with E-state index in [1.165, 1.54) is 25.7 Å². The molecule has 0 heterocycles. The van der Waals surface area contributed by atoms with Crippen LogP contribution in [0.1, 0.15) is 32.1 Å². The summed E-state index contributed by atoms with van der Waals surface area (Å²) in [5, 5.41) is 0. The van der Waals surface area contributed by atoms with Crippen molar-refractivity contribution in [3.05, 3.63) is 12.2 Å². The Hall–Kier alpha value is -0.170. The van der Waals surface area contributed by atoms with E-state index < -0.39 is 0 Å². The van der Waals surface area contributed by atoms with Gasteiger partial charge in [-0.25, -0.2) is 0 Å². The SMILES string of the molecule is S=C1C=CCCCCC1. The van der Waals surface area contributed by atoms with Crippen molar-refractivity contribution >= 4 is 17.1 Å². The van der Waals surface area contributed by atoms with Gasteiger partial charge >= 0.3 is 0 Å². The number of thiocarbonyl (C=S) groups is 1. The van der Waals surface area contributed by atoms with Gasteiger partial charge in [-0.3, -0.25) is 0 Å². The van der Waals surface area contributed by atoms with Crippen molar-refractivity contribution in [3.63, 3.8) is 0 Å². The summed E-state index contributed by atoms with van der Waals surface area (Å²) in [7, 11) is 0. The second-order valence-electron chi connectivity index (χ2n) is 2.47. The third-order valence-electron chi connectivity index (χ3n) is 1.60. The van der Waals surface area contributed by atoms with Crippen LogP contribution in [0.3, 0.4) is 0 Å². The zero-order chi connectivity index (χ0) is 6.53. The van der Waals surface area contributed by atoms with Crippen LogP contribution in [-0.4, -0.2) is 4.86 Å². The molecule has 0 spiro atoms. The fourth-order valence-corrected chi connectivity index (χ4v) is 1.28. The maximum atomic E-state index is 5.07. The Kier molecular flexibility index (Phi) is 2.92. The van der Waals surface area contributed by atoms with Gasteiger partial charge in [0.25, 0.3) is 0 Å². The van der Waals surface area contributed by atoms with Crippen molar-refractivity contribution < 1.29 is 0 Å². The topological polar surface area (TPSA) is 0 Å². The molecule has 0 unspecified atom stereocenters. The predicted octanol–water partition coefficient (Wildman–Crippen LogP) is 2.88. The van der Waals surface area contributed by atoms with Crippen molar-refractivity contribution in [2.24, 2.45) is 0 Å². The maximum absolute atomic E-state index is 5.07. The minimum Gasteiger partial charge on any atom is -0.0849 e. The van der Waals surface area contributed by atoms with Gasteiger partial charge in [0.1, 0.15) is 0 Å². The van der Waals surface area contributed by atoms with E-state index in [-0.39, 0.29) is 0 Å². The van der Waals surface area contributed by atoms with Crippen molar-refractivity contribution in [3.8, 4) is 0 Å². The van der Waals surface area contributed by atoms with Gasteiger partial charge in [-0.2, -0.15) is 0 Å². The van der Waals surface area contributed by atoms with Gasteiger partial charge in [-0.15, -0.1) is 0 Å². The molecule has 0 aliphatic heterocycles. The van der Waals surface area contributed by atoms with Crippen molar-refractivity contribution in [2.75, 3.05) is 0 Å². The van der Waals surface area contributed by atoms with Gasteiger partial charge < -0.3 is 0 Å². The molecule has 0 saturated carbocycles. The molecule has 0 nitrogen and oxygen atoms in total. The fraction of sp³-hybridized carbons (Fsp3) is 0.625. The lowest BCUT2D eigenvalue weighted by Gasteiger charge is -2.01. The summed E-state index contributed by atoms with van der Waals surface area (Å²) in [6.07, 6.45) is 10.6. The smallest absolute Gasteiger partial charge is 0.0149 e. The van der Waals surface area contributed by atoms with Gasteiger partial charge in [0, 0.05) is 4.86 Å². The van der Waals surface area contributed by atoms with E-state index >= 15 is 0 Å². The lowest BCUT2D eigenvalue weighted by molar-refractivity contribution is 0.704. The van der Waals surface area contributed by atoms with Crippen molar-refractivity contribution in [1.82, 2.24) is 0 Å². The molecule has 1 rings (SSSR count). The molecule has 1 heteroatoms. The molecule has 0 fully saturated rings. The molecule has 0 aromatic carbocycles. The van der Waals surface area contributed by atoms with Gasteiger partial charge in [0.05, 0.1) is 0 Å². The highest BCUT2D eigenvalue weighted by Gasteiger charge is 1.95. The molecular weight excluding hydrogens is 128 g/mol. The molecule has 50 valence electrons. The molecule has 0 atom stereocenters. The molecule has 9 heavy (non-hydrogen) atoms. The zero-order valence-corrected chi connectivity index (χ0v) is 6.41. The lowest BCUT2D eigenvalue weighted by Crippen LogP contribution is -1.91. The predicted molar refractivity (Wildman–Crippen MR) is 44.8 cm³/mol. The van der Waals surface area contributed by atoms with E-state index in [0.29, 0.717) is 0 Å². The number of hydrogen-bond donors (Lipinski definition) is 0. The van der Waals surface area contributed by atoms with E-state index in [4.69, 9.17) is 12.2 Å². The summed E-state index contributed by atoms with van der Waals surface area (Å²) in [4.78, 5) is 1.13. The second kappa shape index (κ2) is 3.78. The van der Waals surface area contributed by atoms with E-state index in [0.717, 1.165) is 11.3 Å². The highest BCUT2D eigenvalue weighted by Crippen LogP contribution is 2.09. The lowest BCUT2D eigenvalue weighted by atomic mass is 10.1. The van der Waals surface area contributed by atoms with Crippen LogP contribution in [0.15, 0.2) is 12.2 Å². The Labute approximate surface area is 62.0 Å². The standard InChI is InChI=1S/C8H12S/c9-8-6-4-2-1-3-5-7-8/h4,6H,1-3,5,7H2. The fourth-order valence-electron chi connectivity index (χ4n) is 1.04. The monoisotopic (exact) mass is 140 g/mol. The zero-order valence-electron chi connectivity index (χ0n) is 5.60. The molecule has 0 bridgehead atoms. The molecule has 0 N–H and O–H groups in total. The maximum Gasteiger partial charge on any atom is 0.0149 e. The van der Waals surface area contributed by atoms with Crippen LogP contribution < -0.4 is 0 Å². The third kappa shape index (κ3) is 2.75. The van der Waals surface area contributed by atoms with Crippen LogP contribution in [0, 0.1) is 0 Å². The molecule has 0 amide bonds. The Balaban J connectivity index is 2.39. The average Bonchev–Trinajstić information content (AvgIpc) is 1.79. The van der Waals surface area contributed by atoms with E-state index in [1.54, 1.807) is 0 Å². The summed E-state index contributed by atoms with van der Waals surface area (Å²) in [5.41, 5.74) is 0. The van der Waals surface area contributed by atoms with Crippen LogP contribution in [0.5, 0.6) is 0 Å². The van der Waals surface area contributed by atoms with Gasteiger partial charge in [0.2, 0.25) is 0 Å². The first-order chi connectivity index (χ1) is 4.39. The molecule has 1 aliphatic carbocycles. The van der Waals surface area contributed by atoms with Crippen molar-refractivity contribution in [2.45, 2.75) is 32.1 Å². The minimum absolute atomic E-state index is 1.13. The Morgan fingerprint density at radius 2 is 2.11 bits per heavy atom. The summed E-state index contributed by atoms with van der Waals surface area (Å²) in [6.45, 7) is 0. The van der Waals surface area contributed by atoms with Crippen LogP contribution in [0.25, 0.3) is 0 Å². The largest absolute Gasteiger partial charge is 0.0849 e. The Bertz CT molecular complexity index is 125. The summed E-state index contributed by atoms with van der Waals surface area (Å²) >= 11 is 5.07. The first kappa shape index (κ1) is 6.94. The van der Waals surface area contributed by atoms with E-state index in [1.807, 2.05) is 0 Å². The summed E-state index contributed by atoms with van der Waals surface area (Å²) < 4.78 is 0. The molecule has 0 radical (unpaired) electrons. The van der Waals surface area contributed by atoms with Gasteiger partial charge in [-0.05, 0) is 25.7 Å². The Morgan fingerprint density at radius 3 is 3.00 bits per heavy atom. The molecular formula is C8H12S. The number of allylic oxidation sites excluding steroid dienone is 2. The quantitative estimate of drug-likeness (QED) is 0.466. The van der Waals surface area contributed by atoms with E-state index in [9.17, 15) is 0 Å². The molecule has 0 aromatic heterocycles. The average molecular weight is 140 g/mol. The highest BCUT2D eigenvalue weighted by molar-refractivity contribution is 7.80. The van der Waals surface area contributed by atoms with Gasteiger partial charge in [0.15, 0.2) is 0 Å². The van der Waals surface area contributed by atoms with Crippen LogP contribution in [0.4, 0.5) is 0 Å². The number of hydrogen-bond acceptors (Lipinski definition) is 1. The Morgan fingerprint density at radius 1 is 1.22 bits per heavy atom. The van der Waals surface area contributed by atoms with Crippen LogP contribution >= 0.6 is 12.2 Å². The first-order valence-corrected chi connectivity index (χ1v) is 4.00. The molecule has 0 aromatic rings. The van der Waals surface area contributed by atoms with E-state index in [2.05, 4.69) is 12.2 Å². The van der Waals surface area contributed by atoms with Gasteiger partial charge in [-0.1, -0.05) is 30.8 Å². The van der Waals surface area contributed by atoms with Crippen LogP contribution in [-0.2, 0) is 0 Å². The highest BCUT2D eigenvalue weighted by atomic mass is 32.1. The second-order valence-corrected chi connectivity index (χ2v) is 2.99. The first-order valence-electron chi connectivity index (χ1n) is 3.59.